The van der Waals surface area contributed by atoms with Crippen LogP contribution in [0.4, 0.5) is 16.2 Å². The van der Waals surface area contributed by atoms with Crippen LogP contribution in [0.5, 0.6) is 0 Å². The lowest BCUT2D eigenvalue weighted by molar-refractivity contribution is 0.252. The summed E-state index contributed by atoms with van der Waals surface area (Å²) >= 11 is 0. The number of hydrogen-bond donors (Lipinski definition) is 2. The van der Waals surface area contributed by atoms with E-state index in [9.17, 15) is 13.2 Å². The zero-order chi connectivity index (χ0) is 16.2. The van der Waals surface area contributed by atoms with Crippen LogP contribution in [0.3, 0.4) is 0 Å². The first-order valence-electron chi connectivity index (χ1n) is 7.58. The Morgan fingerprint density at radius 2 is 2.09 bits per heavy atom. The van der Waals surface area contributed by atoms with E-state index in [-0.39, 0.29) is 24.1 Å². The van der Waals surface area contributed by atoms with E-state index in [4.69, 9.17) is 0 Å². The van der Waals surface area contributed by atoms with E-state index in [1.165, 1.54) is 5.56 Å². The second-order valence-corrected chi connectivity index (χ2v) is 7.76. The number of nitrogens with one attached hydrogen (secondary N) is 2. The standard InChI is InChI=1S/C15H23N3O3S/c1-3-18-9-7-12-5-6-13(11-14(12)18)17-15(19)16-8-10-22(20,21)4-2/h5-6,11H,3-4,7-10H2,1-2H3,(H2,16,17,19). The molecule has 0 saturated carbocycles. The molecule has 1 aliphatic rings. The summed E-state index contributed by atoms with van der Waals surface area (Å²) in [6, 6.07) is 5.49. The Kier molecular flexibility index (Phi) is 5.28. The van der Waals surface area contributed by atoms with Gasteiger partial charge >= 0.3 is 6.03 Å². The average Bonchev–Trinajstić information content (AvgIpc) is 2.89. The molecule has 1 aliphatic heterocycles. The molecule has 7 heteroatoms. The fourth-order valence-electron chi connectivity index (χ4n) is 2.49. The molecule has 0 saturated heterocycles. The number of carbonyl (C=O) groups excluding carboxylic acids is 1. The molecule has 2 N–H and O–H groups in total. The van der Waals surface area contributed by atoms with E-state index in [2.05, 4.69) is 22.5 Å². The number of amides is 2. The Bertz CT molecular complexity index is 643. The van der Waals surface area contributed by atoms with Gasteiger partial charge in [-0.3, -0.25) is 0 Å². The van der Waals surface area contributed by atoms with Crippen molar-refractivity contribution in [2.24, 2.45) is 0 Å². The molecular formula is C15H23N3O3S. The molecular weight excluding hydrogens is 302 g/mol. The quantitative estimate of drug-likeness (QED) is 0.833. The van der Waals surface area contributed by atoms with E-state index in [1.54, 1.807) is 6.92 Å². The number of likely N-dealkylation sites (N-methyl/N-ethyl adjacent to an activating group) is 1. The van der Waals surface area contributed by atoms with Gasteiger partial charge in [0.25, 0.3) is 0 Å². The molecule has 1 aromatic carbocycles. The fraction of sp³-hybridized carbons (Fsp3) is 0.533. The summed E-state index contributed by atoms with van der Waals surface area (Å²) in [5, 5.41) is 5.32. The second kappa shape index (κ2) is 7.00. The normalized spacial score (nSPS) is 13.8. The largest absolute Gasteiger partial charge is 0.371 e. The summed E-state index contributed by atoms with van der Waals surface area (Å²) in [7, 11) is -3.06. The molecule has 0 aliphatic carbocycles. The van der Waals surface area contributed by atoms with Crippen molar-refractivity contribution in [2.45, 2.75) is 20.3 Å². The smallest absolute Gasteiger partial charge is 0.319 e. The van der Waals surface area contributed by atoms with E-state index in [0.29, 0.717) is 0 Å². The van der Waals surface area contributed by atoms with Gasteiger partial charge in [0, 0.05) is 36.8 Å². The minimum absolute atomic E-state index is 0.0370. The molecule has 2 amide bonds. The zero-order valence-corrected chi connectivity index (χ0v) is 13.9. The van der Waals surface area contributed by atoms with Crippen molar-refractivity contribution in [2.75, 3.05) is 41.4 Å². The highest BCUT2D eigenvalue weighted by atomic mass is 32.2. The van der Waals surface area contributed by atoms with Gasteiger partial charge < -0.3 is 15.5 Å². The first kappa shape index (κ1) is 16.6. The average molecular weight is 325 g/mol. The van der Waals surface area contributed by atoms with Gasteiger partial charge in [0.1, 0.15) is 0 Å². The number of sulfone groups is 1. The molecule has 0 aromatic heterocycles. The summed E-state index contributed by atoms with van der Waals surface area (Å²) in [5.74, 6) is 0.0543. The second-order valence-electron chi connectivity index (χ2n) is 5.29. The fourth-order valence-corrected chi connectivity index (χ4v) is 3.19. The first-order valence-corrected chi connectivity index (χ1v) is 9.40. The molecule has 1 aromatic rings. The van der Waals surface area contributed by atoms with Crippen LogP contribution in [0.25, 0.3) is 0 Å². The Morgan fingerprint density at radius 1 is 1.32 bits per heavy atom. The van der Waals surface area contributed by atoms with Gasteiger partial charge in [-0.05, 0) is 31.0 Å². The molecule has 0 unspecified atom stereocenters. The van der Waals surface area contributed by atoms with Crippen LogP contribution in [0, 0.1) is 0 Å². The van der Waals surface area contributed by atoms with E-state index in [0.717, 1.165) is 30.9 Å². The van der Waals surface area contributed by atoms with Crippen LogP contribution < -0.4 is 15.5 Å². The van der Waals surface area contributed by atoms with Crippen LogP contribution in [-0.4, -0.2) is 45.6 Å². The molecule has 122 valence electrons. The lowest BCUT2D eigenvalue weighted by atomic mass is 10.1. The number of urea groups is 1. The molecule has 1 heterocycles. The SMILES string of the molecule is CCN1CCc2ccc(NC(=O)NCCS(=O)(=O)CC)cc21. The molecule has 0 fully saturated rings. The number of fused-ring (bicyclic) bond motifs is 1. The van der Waals surface area contributed by atoms with Crippen molar-refractivity contribution in [3.05, 3.63) is 23.8 Å². The van der Waals surface area contributed by atoms with Gasteiger partial charge in [0.15, 0.2) is 9.84 Å². The van der Waals surface area contributed by atoms with Crippen molar-refractivity contribution in [3.63, 3.8) is 0 Å². The topological polar surface area (TPSA) is 78.5 Å². The zero-order valence-electron chi connectivity index (χ0n) is 13.1. The van der Waals surface area contributed by atoms with E-state index in [1.807, 2.05) is 18.2 Å². The summed E-state index contributed by atoms with van der Waals surface area (Å²) in [6.07, 6.45) is 1.03. The third-order valence-corrected chi connectivity index (χ3v) is 5.56. The van der Waals surface area contributed by atoms with Crippen molar-refractivity contribution in [1.29, 1.82) is 0 Å². The number of hydrogen-bond acceptors (Lipinski definition) is 4. The van der Waals surface area contributed by atoms with Crippen molar-refractivity contribution in [3.8, 4) is 0 Å². The first-order chi connectivity index (χ1) is 10.4. The van der Waals surface area contributed by atoms with Gasteiger partial charge in [-0.1, -0.05) is 13.0 Å². The number of nitrogens with zero attached hydrogens (tertiary/aromatic N) is 1. The molecule has 22 heavy (non-hydrogen) atoms. The summed E-state index contributed by atoms with van der Waals surface area (Å²) in [4.78, 5) is 14.1. The lowest BCUT2D eigenvalue weighted by Gasteiger charge is -2.17. The van der Waals surface area contributed by atoms with Crippen LogP contribution in [0.2, 0.25) is 0 Å². The molecule has 0 spiro atoms. The van der Waals surface area contributed by atoms with Crippen molar-refractivity contribution >= 4 is 27.2 Å². The lowest BCUT2D eigenvalue weighted by Crippen LogP contribution is -2.33. The number of rotatable bonds is 6. The molecule has 6 nitrogen and oxygen atoms in total. The third-order valence-electron chi connectivity index (χ3n) is 3.86. The Labute approximate surface area is 131 Å². The number of anilines is 2. The van der Waals surface area contributed by atoms with Gasteiger partial charge in [-0.25, -0.2) is 13.2 Å². The van der Waals surface area contributed by atoms with Gasteiger partial charge in [-0.2, -0.15) is 0 Å². The Balaban J connectivity index is 1.90. The van der Waals surface area contributed by atoms with E-state index >= 15 is 0 Å². The number of carbonyl (C=O) groups is 1. The summed E-state index contributed by atoms with van der Waals surface area (Å²) in [5.41, 5.74) is 3.17. The van der Waals surface area contributed by atoms with Crippen LogP contribution in [0.1, 0.15) is 19.4 Å². The monoisotopic (exact) mass is 325 g/mol. The summed E-state index contributed by atoms with van der Waals surface area (Å²) < 4.78 is 22.7. The predicted molar refractivity (Wildman–Crippen MR) is 89.4 cm³/mol. The highest BCUT2D eigenvalue weighted by molar-refractivity contribution is 7.91. The summed E-state index contributed by atoms with van der Waals surface area (Å²) in [6.45, 7) is 5.78. The predicted octanol–water partition coefficient (Wildman–Crippen LogP) is 1.63. The highest BCUT2D eigenvalue weighted by Crippen LogP contribution is 2.30. The maximum absolute atomic E-state index is 11.8. The van der Waals surface area contributed by atoms with Gasteiger partial charge in [0.05, 0.1) is 5.75 Å². The minimum Gasteiger partial charge on any atom is -0.371 e. The maximum Gasteiger partial charge on any atom is 0.319 e. The Morgan fingerprint density at radius 3 is 2.77 bits per heavy atom. The third kappa shape index (κ3) is 4.13. The molecule has 0 radical (unpaired) electrons. The van der Waals surface area contributed by atoms with Crippen LogP contribution in [0.15, 0.2) is 18.2 Å². The van der Waals surface area contributed by atoms with Gasteiger partial charge in [0.2, 0.25) is 0 Å². The van der Waals surface area contributed by atoms with Crippen molar-refractivity contribution < 1.29 is 13.2 Å². The Hall–Kier alpha value is -1.76. The molecule has 0 bridgehead atoms. The van der Waals surface area contributed by atoms with Gasteiger partial charge in [-0.15, -0.1) is 0 Å². The van der Waals surface area contributed by atoms with Crippen LogP contribution >= 0.6 is 0 Å². The molecule has 0 atom stereocenters. The van der Waals surface area contributed by atoms with Crippen molar-refractivity contribution in [1.82, 2.24) is 5.32 Å². The van der Waals surface area contributed by atoms with Crippen LogP contribution in [-0.2, 0) is 16.3 Å². The number of benzene rings is 1. The molecule has 2 rings (SSSR count). The maximum atomic E-state index is 11.8. The highest BCUT2D eigenvalue weighted by Gasteiger charge is 2.18. The van der Waals surface area contributed by atoms with E-state index < -0.39 is 9.84 Å². The minimum atomic E-state index is -3.06.